The highest BCUT2D eigenvalue weighted by Gasteiger charge is 2.31. The molecule has 19 heavy (non-hydrogen) atoms. The second-order valence-corrected chi connectivity index (χ2v) is 4.53. The van der Waals surface area contributed by atoms with Crippen molar-refractivity contribution in [3.05, 3.63) is 23.9 Å². The summed E-state index contributed by atoms with van der Waals surface area (Å²) in [6.45, 7) is 3.38. The molecule has 6 heteroatoms. The summed E-state index contributed by atoms with van der Waals surface area (Å²) in [5, 5.41) is 13.1. The van der Waals surface area contributed by atoms with E-state index in [4.69, 9.17) is 9.47 Å². The van der Waals surface area contributed by atoms with E-state index in [0.29, 0.717) is 44.2 Å². The van der Waals surface area contributed by atoms with Gasteiger partial charge in [-0.2, -0.15) is 0 Å². The molecule has 0 spiro atoms. The zero-order chi connectivity index (χ0) is 13.7. The Kier molecular flexibility index (Phi) is 4.34. The summed E-state index contributed by atoms with van der Waals surface area (Å²) in [7, 11) is 0. The first-order valence-electron chi connectivity index (χ1n) is 6.30. The molecular weight excluding hydrogens is 248 g/mol. The van der Waals surface area contributed by atoms with Gasteiger partial charge in [0.1, 0.15) is 11.4 Å². The van der Waals surface area contributed by atoms with E-state index in [-0.39, 0.29) is 5.97 Å². The number of carbonyl (C=O) groups is 1. The number of carbonyl (C=O) groups excluding carboxylic acids is 1. The van der Waals surface area contributed by atoms with Crippen molar-refractivity contribution in [2.24, 2.45) is 0 Å². The molecule has 1 aliphatic rings. The van der Waals surface area contributed by atoms with Crippen LogP contribution in [0.2, 0.25) is 0 Å². The van der Waals surface area contributed by atoms with Gasteiger partial charge in [0.15, 0.2) is 0 Å². The van der Waals surface area contributed by atoms with Crippen molar-refractivity contribution in [2.45, 2.75) is 18.9 Å². The van der Waals surface area contributed by atoms with Gasteiger partial charge in [-0.1, -0.05) is 0 Å². The quantitative estimate of drug-likeness (QED) is 0.768. The number of anilines is 1. The van der Waals surface area contributed by atoms with Crippen LogP contribution in [0, 0.1) is 0 Å². The lowest BCUT2D eigenvalue weighted by Crippen LogP contribution is -2.37. The van der Waals surface area contributed by atoms with Crippen LogP contribution < -0.4 is 5.32 Å². The summed E-state index contributed by atoms with van der Waals surface area (Å²) in [5.41, 5.74) is -0.420. The molecule has 0 bridgehead atoms. The van der Waals surface area contributed by atoms with Crippen molar-refractivity contribution in [3.8, 4) is 0 Å². The first-order valence-corrected chi connectivity index (χ1v) is 6.30. The highest BCUT2D eigenvalue weighted by Crippen LogP contribution is 2.18. The standard InChI is InChI=1S/C13H18N2O4/c1-2-19-12(16)10-3-4-11(14-7-10)15-8-13(17)5-6-18-9-13/h3-4,7,17H,2,5-6,8-9H2,1H3,(H,14,15). The Hall–Kier alpha value is -1.66. The number of ether oxygens (including phenoxy) is 2. The molecule has 1 atom stereocenters. The van der Waals surface area contributed by atoms with E-state index in [1.54, 1.807) is 19.1 Å². The predicted molar refractivity (Wildman–Crippen MR) is 69.1 cm³/mol. The van der Waals surface area contributed by atoms with Gasteiger partial charge >= 0.3 is 5.97 Å². The minimum Gasteiger partial charge on any atom is -0.462 e. The minimum atomic E-state index is -0.832. The van der Waals surface area contributed by atoms with E-state index >= 15 is 0 Å². The van der Waals surface area contributed by atoms with E-state index in [1.165, 1.54) is 6.20 Å². The average molecular weight is 266 g/mol. The molecule has 0 amide bonds. The molecule has 1 unspecified atom stereocenters. The number of hydrogen-bond donors (Lipinski definition) is 2. The molecule has 2 N–H and O–H groups in total. The predicted octanol–water partition coefficient (Wildman–Crippen LogP) is 0.822. The molecule has 0 aliphatic carbocycles. The van der Waals surface area contributed by atoms with Crippen LogP contribution in [0.4, 0.5) is 5.82 Å². The third kappa shape index (κ3) is 3.65. The van der Waals surface area contributed by atoms with Gasteiger partial charge in [-0.15, -0.1) is 0 Å². The van der Waals surface area contributed by atoms with Gasteiger partial charge < -0.3 is 19.9 Å². The van der Waals surface area contributed by atoms with Crippen molar-refractivity contribution in [3.63, 3.8) is 0 Å². The maximum absolute atomic E-state index is 11.4. The smallest absolute Gasteiger partial charge is 0.339 e. The maximum Gasteiger partial charge on any atom is 0.339 e. The number of esters is 1. The van der Waals surface area contributed by atoms with E-state index in [9.17, 15) is 9.90 Å². The van der Waals surface area contributed by atoms with Crippen LogP contribution in [0.5, 0.6) is 0 Å². The molecule has 104 valence electrons. The third-order valence-electron chi connectivity index (χ3n) is 2.96. The third-order valence-corrected chi connectivity index (χ3v) is 2.96. The van der Waals surface area contributed by atoms with E-state index in [0.717, 1.165) is 0 Å². The number of pyridine rings is 1. The highest BCUT2D eigenvalue weighted by molar-refractivity contribution is 5.89. The summed E-state index contributed by atoms with van der Waals surface area (Å²) in [4.78, 5) is 15.5. The van der Waals surface area contributed by atoms with Crippen LogP contribution in [0.3, 0.4) is 0 Å². The van der Waals surface area contributed by atoms with Gasteiger partial charge in [-0.05, 0) is 19.1 Å². The summed E-state index contributed by atoms with van der Waals surface area (Å²) >= 11 is 0. The van der Waals surface area contributed by atoms with E-state index in [2.05, 4.69) is 10.3 Å². The molecule has 1 fully saturated rings. The molecule has 1 aromatic rings. The Bertz CT molecular complexity index is 427. The van der Waals surface area contributed by atoms with Crippen LogP contribution in [0.15, 0.2) is 18.3 Å². The first-order chi connectivity index (χ1) is 9.13. The van der Waals surface area contributed by atoms with Crippen LogP contribution in [-0.2, 0) is 9.47 Å². The van der Waals surface area contributed by atoms with Crippen LogP contribution in [-0.4, -0.2) is 48.0 Å². The Morgan fingerprint density at radius 2 is 2.47 bits per heavy atom. The fraction of sp³-hybridized carbons (Fsp3) is 0.538. The van der Waals surface area contributed by atoms with Gasteiger partial charge in [0, 0.05) is 25.8 Å². The lowest BCUT2D eigenvalue weighted by Gasteiger charge is -2.20. The number of aromatic nitrogens is 1. The molecule has 0 aromatic carbocycles. The van der Waals surface area contributed by atoms with Gasteiger partial charge in [0.2, 0.25) is 0 Å². The molecule has 1 aromatic heterocycles. The lowest BCUT2D eigenvalue weighted by atomic mass is 10.0. The van der Waals surface area contributed by atoms with Crippen molar-refractivity contribution in [2.75, 3.05) is 31.7 Å². The van der Waals surface area contributed by atoms with E-state index in [1.807, 2.05) is 0 Å². The molecule has 2 heterocycles. The lowest BCUT2D eigenvalue weighted by molar-refractivity contribution is 0.0381. The Balaban J connectivity index is 1.90. The number of hydrogen-bond acceptors (Lipinski definition) is 6. The highest BCUT2D eigenvalue weighted by atomic mass is 16.5. The number of nitrogens with zero attached hydrogens (tertiary/aromatic N) is 1. The SMILES string of the molecule is CCOC(=O)c1ccc(NCC2(O)CCOC2)nc1. The van der Waals surface area contributed by atoms with Gasteiger partial charge in [-0.3, -0.25) is 0 Å². The van der Waals surface area contributed by atoms with Crippen molar-refractivity contribution >= 4 is 11.8 Å². The van der Waals surface area contributed by atoms with Crippen molar-refractivity contribution in [1.29, 1.82) is 0 Å². The van der Waals surface area contributed by atoms with Gasteiger partial charge in [0.05, 0.1) is 18.8 Å². The fourth-order valence-electron chi connectivity index (χ4n) is 1.82. The van der Waals surface area contributed by atoms with Crippen LogP contribution in [0.1, 0.15) is 23.7 Å². The topological polar surface area (TPSA) is 80.7 Å². The molecule has 0 saturated carbocycles. The molecule has 1 saturated heterocycles. The molecule has 6 nitrogen and oxygen atoms in total. The number of aliphatic hydroxyl groups is 1. The van der Waals surface area contributed by atoms with Gasteiger partial charge in [0.25, 0.3) is 0 Å². The summed E-state index contributed by atoms with van der Waals surface area (Å²) in [6.07, 6.45) is 2.07. The number of nitrogens with one attached hydrogen (secondary N) is 1. The first kappa shape index (κ1) is 13.8. The Morgan fingerprint density at radius 3 is 3.05 bits per heavy atom. The molecule has 1 aliphatic heterocycles. The molecular formula is C13H18N2O4. The molecule has 2 rings (SSSR count). The summed E-state index contributed by atoms with van der Waals surface area (Å²) < 4.78 is 10.0. The van der Waals surface area contributed by atoms with Crippen molar-refractivity contribution < 1.29 is 19.4 Å². The summed E-state index contributed by atoms with van der Waals surface area (Å²) in [6, 6.07) is 3.33. The van der Waals surface area contributed by atoms with Gasteiger partial charge in [-0.25, -0.2) is 9.78 Å². The Labute approximate surface area is 111 Å². The Morgan fingerprint density at radius 1 is 1.63 bits per heavy atom. The fourth-order valence-corrected chi connectivity index (χ4v) is 1.82. The van der Waals surface area contributed by atoms with Crippen LogP contribution in [0.25, 0.3) is 0 Å². The second kappa shape index (κ2) is 5.99. The zero-order valence-electron chi connectivity index (χ0n) is 10.9. The largest absolute Gasteiger partial charge is 0.462 e. The minimum absolute atomic E-state index is 0.334. The monoisotopic (exact) mass is 266 g/mol. The second-order valence-electron chi connectivity index (χ2n) is 4.53. The van der Waals surface area contributed by atoms with E-state index < -0.39 is 5.60 Å². The zero-order valence-corrected chi connectivity index (χ0v) is 10.9. The summed E-state index contributed by atoms with van der Waals surface area (Å²) in [5.74, 6) is 0.220. The number of rotatable bonds is 5. The van der Waals surface area contributed by atoms with Crippen LogP contribution >= 0.6 is 0 Å². The normalized spacial score (nSPS) is 22.2. The molecule has 0 radical (unpaired) electrons. The maximum atomic E-state index is 11.4. The van der Waals surface area contributed by atoms with Crippen molar-refractivity contribution in [1.82, 2.24) is 4.98 Å². The average Bonchev–Trinajstić information content (AvgIpc) is 2.85.